The van der Waals surface area contributed by atoms with Crippen LogP contribution in [0.3, 0.4) is 0 Å². The summed E-state index contributed by atoms with van der Waals surface area (Å²) >= 11 is 0. The van der Waals surface area contributed by atoms with Gasteiger partial charge in [0.2, 0.25) is 0 Å². The van der Waals surface area contributed by atoms with Gasteiger partial charge in [0, 0.05) is 0 Å². The van der Waals surface area contributed by atoms with Crippen LogP contribution >= 0.6 is 8.60 Å². The predicted octanol–water partition coefficient (Wildman–Crippen LogP) is 3.19. The monoisotopic (exact) mass is 550 g/mol. The first-order valence-corrected chi connectivity index (χ1v) is 14.2. The molecule has 0 saturated carbocycles. The molecule has 3 rings (SSSR count). The molecule has 3 aromatic rings. The highest BCUT2D eigenvalue weighted by atomic mass is 32.2. The van der Waals surface area contributed by atoms with Gasteiger partial charge in [-0.3, -0.25) is 13.7 Å². The lowest BCUT2D eigenvalue weighted by Crippen LogP contribution is -2.04. The van der Waals surface area contributed by atoms with Crippen LogP contribution < -0.4 is 13.6 Å². The smallest absolute Gasteiger partial charge is 0.409 e. The van der Waals surface area contributed by atoms with Crippen LogP contribution in [0.25, 0.3) is 0 Å². The van der Waals surface area contributed by atoms with Crippen molar-refractivity contribution in [3.63, 3.8) is 0 Å². The first kappa shape index (κ1) is 25.8. The third kappa shape index (κ3) is 7.11. The van der Waals surface area contributed by atoms with Gasteiger partial charge in [-0.1, -0.05) is 0 Å². The molecule has 0 atom stereocenters. The van der Waals surface area contributed by atoms with Gasteiger partial charge in [-0.05, 0) is 72.8 Å². The van der Waals surface area contributed by atoms with Crippen molar-refractivity contribution in [2.24, 2.45) is 0 Å². The molecule has 0 aliphatic carbocycles. The van der Waals surface area contributed by atoms with Crippen molar-refractivity contribution in [2.75, 3.05) is 0 Å². The van der Waals surface area contributed by atoms with Gasteiger partial charge in [0.1, 0.15) is 17.2 Å². The summed E-state index contributed by atoms with van der Waals surface area (Å²) in [5.74, 6) is 0.216. The summed E-state index contributed by atoms with van der Waals surface area (Å²) in [6, 6.07) is 13.7. The van der Waals surface area contributed by atoms with E-state index in [0.29, 0.717) is 0 Å². The average Bonchev–Trinajstić information content (AvgIpc) is 2.73. The highest BCUT2D eigenvalue weighted by molar-refractivity contribution is 7.86. The van der Waals surface area contributed by atoms with Crippen LogP contribution in [0, 0.1) is 0 Å². The largest absolute Gasteiger partial charge is 0.530 e. The predicted molar refractivity (Wildman–Crippen MR) is 118 cm³/mol. The number of benzene rings is 3. The zero-order valence-electron chi connectivity index (χ0n) is 16.6. The molecule has 0 spiro atoms. The quantitative estimate of drug-likeness (QED) is 0.261. The molecule has 0 unspecified atom stereocenters. The molecular formula is C18H15O12PS3. The Morgan fingerprint density at radius 1 is 0.441 bits per heavy atom. The summed E-state index contributed by atoms with van der Waals surface area (Å²) < 4.78 is 111. The molecule has 0 saturated heterocycles. The van der Waals surface area contributed by atoms with E-state index in [9.17, 15) is 25.3 Å². The third-order valence-corrected chi connectivity index (χ3v) is 7.59. The van der Waals surface area contributed by atoms with Gasteiger partial charge < -0.3 is 13.6 Å². The molecule has 3 N–H and O–H groups in total. The standard InChI is InChI=1S/C18H15O12PS3/c19-32(20,21)16-7-1-13(2-8-16)28-31(29-14-3-9-17(10-4-14)33(22,23)24)30-15-5-11-18(12-6-15)34(25,26)27/h1-12H,(H,19,20,21)(H,22,23,24)(H,25,26,27). The highest BCUT2D eigenvalue weighted by Crippen LogP contribution is 2.42. The van der Waals surface area contributed by atoms with Crippen molar-refractivity contribution in [3.05, 3.63) is 72.8 Å². The maximum Gasteiger partial charge on any atom is 0.530 e. The Balaban J connectivity index is 1.86. The molecule has 0 radical (unpaired) electrons. The van der Waals surface area contributed by atoms with Gasteiger partial charge in [0.25, 0.3) is 30.4 Å². The van der Waals surface area contributed by atoms with Gasteiger partial charge in [0.15, 0.2) is 0 Å². The van der Waals surface area contributed by atoms with Crippen LogP contribution in [0.4, 0.5) is 0 Å². The van der Waals surface area contributed by atoms with Crippen molar-refractivity contribution in [2.45, 2.75) is 14.7 Å². The first-order valence-electron chi connectivity index (χ1n) is 8.78. The molecule has 3 aromatic carbocycles. The first-order chi connectivity index (χ1) is 15.7. The van der Waals surface area contributed by atoms with E-state index in [1.807, 2.05) is 0 Å². The summed E-state index contributed by atoms with van der Waals surface area (Å²) in [6.45, 7) is 0. The summed E-state index contributed by atoms with van der Waals surface area (Å²) in [4.78, 5) is -1.15. The van der Waals surface area contributed by atoms with E-state index in [2.05, 4.69) is 0 Å². The van der Waals surface area contributed by atoms with Gasteiger partial charge in [0.05, 0.1) is 14.7 Å². The Kier molecular flexibility index (Phi) is 7.47. The van der Waals surface area contributed by atoms with Crippen LogP contribution in [0.2, 0.25) is 0 Å². The molecule has 0 aliphatic rings. The van der Waals surface area contributed by atoms with E-state index in [-0.39, 0.29) is 31.9 Å². The van der Waals surface area contributed by atoms with E-state index in [1.165, 1.54) is 36.4 Å². The van der Waals surface area contributed by atoms with Crippen LogP contribution in [0.5, 0.6) is 17.2 Å². The van der Waals surface area contributed by atoms with E-state index in [4.69, 9.17) is 27.2 Å². The Morgan fingerprint density at radius 2 is 0.647 bits per heavy atom. The second-order valence-electron chi connectivity index (χ2n) is 6.34. The number of hydrogen-bond acceptors (Lipinski definition) is 9. The minimum Gasteiger partial charge on any atom is -0.409 e. The molecule has 12 nitrogen and oxygen atoms in total. The van der Waals surface area contributed by atoms with Crippen LogP contribution in [0.1, 0.15) is 0 Å². The SMILES string of the molecule is O=S(=O)(O)c1ccc(OP(Oc2ccc(S(=O)(=O)O)cc2)Oc2ccc(S(=O)(=O)O)cc2)cc1. The van der Waals surface area contributed by atoms with Crippen molar-refractivity contribution in [3.8, 4) is 17.2 Å². The lowest BCUT2D eigenvalue weighted by atomic mass is 10.3. The Bertz CT molecular complexity index is 1280. The number of rotatable bonds is 9. The second-order valence-corrected chi connectivity index (χ2v) is 11.6. The van der Waals surface area contributed by atoms with E-state index < -0.39 is 39.0 Å². The lowest BCUT2D eigenvalue weighted by molar-refractivity contribution is 0.388. The zero-order chi connectivity index (χ0) is 25.1. The highest BCUT2D eigenvalue weighted by Gasteiger charge is 2.22. The molecular weight excluding hydrogens is 535 g/mol. The van der Waals surface area contributed by atoms with E-state index in [1.54, 1.807) is 0 Å². The Morgan fingerprint density at radius 3 is 0.824 bits per heavy atom. The molecule has 182 valence electrons. The minimum absolute atomic E-state index is 0.0719. The van der Waals surface area contributed by atoms with Gasteiger partial charge in [-0.15, -0.1) is 0 Å². The molecule has 0 bridgehead atoms. The van der Waals surface area contributed by atoms with E-state index in [0.717, 1.165) is 36.4 Å². The Hall–Kier alpha value is -2.78. The molecule has 0 fully saturated rings. The summed E-state index contributed by atoms with van der Waals surface area (Å²) in [5, 5.41) is 0. The van der Waals surface area contributed by atoms with Crippen LogP contribution in [-0.4, -0.2) is 38.9 Å². The molecule has 0 amide bonds. The zero-order valence-corrected chi connectivity index (χ0v) is 20.0. The molecule has 0 aromatic heterocycles. The molecule has 34 heavy (non-hydrogen) atoms. The molecule has 0 heterocycles. The second kappa shape index (κ2) is 9.84. The summed E-state index contributed by atoms with van der Waals surface area (Å²) in [6.07, 6.45) is 0. The maximum absolute atomic E-state index is 11.2. The van der Waals surface area contributed by atoms with Crippen molar-refractivity contribution in [1.29, 1.82) is 0 Å². The van der Waals surface area contributed by atoms with Crippen molar-refractivity contribution in [1.82, 2.24) is 0 Å². The molecule has 0 aliphatic heterocycles. The fraction of sp³-hybridized carbons (Fsp3) is 0. The maximum atomic E-state index is 11.2. The fourth-order valence-corrected chi connectivity index (χ4v) is 4.76. The van der Waals surface area contributed by atoms with Crippen LogP contribution in [-0.2, 0) is 30.4 Å². The van der Waals surface area contributed by atoms with Gasteiger partial charge in [-0.25, -0.2) is 0 Å². The normalized spacial score (nSPS) is 12.4. The Labute approximate surface area is 196 Å². The topological polar surface area (TPSA) is 191 Å². The lowest BCUT2D eigenvalue weighted by Gasteiger charge is -2.18. The van der Waals surface area contributed by atoms with E-state index >= 15 is 0 Å². The molecule has 16 heteroatoms. The third-order valence-electron chi connectivity index (χ3n) is 3.90. The van der Waals surface area contributed by atoms with Gasteiger partial charge in [-0.2, -0.15) is 25.3 Å². The van der Waals surface area contributed by atoms with Crippen molar-refractivity contribution < 1.29 is 52.5 Å². The average molecular weight is 550 g/mol. The van der Waals surface area contributed by atoms with Gasteiger partial charge >= 0.3 is 8.60 Å². The summed E-state index contributed by atoms with van der Waals surface area (Å²) in [5.41, 5.74) is 0. The summed E-state index contributed by atoms with van der Waals surface area (Å²) in [7, 11) is -15.6. The van der Waals surface area contributed by atoms with Crippen LogP contribution in [0.15, 0.2) is 87.5 Å². The fourth-order valence-electron chi connectivity index (χ4n) is 2.33. The van der Waals surface area contributed by atoms with Crippen molar-refractivity contribution >= 4 is 39.0 Å². The minimum atomic E-state index is -4.43. The number of hydrogen-bond donors (Lipinski definition) is 3.